The van der Waals surface area contributed by atoms with Crippen molar-refractivity contribution < 1.29 is 4.74 Å². The van der Waals surface area contributed by atoms with Crippen LogP contribution in [0, 0.1) is 5.41 Å². The van der Waals surface area contributed by atoms with E-state index in [-0.39, 0.29) is 0 Å². The maximum Gasteiger partial charge on any atom is 0.119 e. The number of methoxy groups -OCH3 is 1. The standard InChI is InChI=1S/C16H25NOS/c1-12(13-6-5-7-15(8-13)18-4)17-14-9-16(2,3)11-19-10-14/h5-8,12,14,17H,9-11H2,1-4H3. The number of hydrogen-bond acceptors (Lipinski definition) is 3. The second kappa shape index (κ2) is 6.19. The van der Waals surface area contributed by atoms with Crippen molar-refractivity contribution >= 4 is 11.8 Å². The van der Waals surface area contributed by atoms with Crippen molar-refractivity contribution in [3.63, 3.8) is 0 Å². The zero-order valence-electron chi connectivity index (χ0n) is 12.4. The molecule has 106 valence electrons. The number of nitrogens with one attached hydrogen (secondary N) is 1. The van der Waals surface area contributed by atoms with Crippen LogP contribution in [0.25, 0.3) is 0 Å². The van der Waals surface area contributed by atoms with Crippen LogP contribution in [0.5, 0.6) is 5.75 Å². The maximum absolute atomic E-state index is 5.30. The zero-order chi connectivity index (χ0) is 13.9. The predicted octanol–water partition coefficient (Wildman–Crippen LogP) is 3.88. The summed E-state index contributed by atoms with van der Waals surface area (Å²) in [7, 11) is 1.72. The Balaban J connectivity index is 1.98. The van der Waals surface area contributed by atoms with E-state index < -0.39 is 0 Å². The molecule has 0 bridgehead atoms. The third kappa shape index (κ3) is 4.15. The van der Waals surface area contributed by atoms with E-state index in [4.69, 9.17) is 4.74 Å². The monoisotopic (exact) mass is 279 g/mol. The van der Waals surface area contributed by atoms with E-state index in [1.54, 1.807) is 7.11 Å². The molecule has 2 unspecified atom stereocenters. The Bertz CT molecular complexity index is 419. The van der Waals surface area contributed by atoms with Gasteiger partial charge in [0.1, 0.15) is 5.75 Å². The highest BCUT2D eigenvalue weighted by Crippen LogP contribution is 2.34. The summed E-state index contributed by atoms with van der Waals surface area (Å²) in [6, 6.07) is 9.33. The molecule has 0 radical (unpaired) electrons. The minimum Gasteiger partial charge on any atom is -0.497 e. The van der Waals surface area contributed by atoms with E-state index in [2.05, 4.69) is 56.0 Å². The summed E-state index contributed by atoms with van der Waals surface area (Å²) < 4.78 is 5.30. The number of rotatable bonds is 4. The van der Waals surface area contributed by atoms with E-state index >= 15 is 0 Å². The molecule has 1 aromatic carbocycles. The van der Waals surface area contributed by atoms with Crippen LogP contribution in [0.1, 0.15) is 38.8 Å². The molecule has 0 spiro atoms. The van der Waals surface area contributed by atoms with E-state index in [9.17, 15) is 0 Å². The number of thioether (sulfide) groups is 1. The zero-order valence-corrected chi connectivity index (χ0v) is 13.2. The van der Waals surface area contributed by atoms with Crippen molar-refractivity contribution in [1.29, 1.82) is 0 Å². The average Bonchev–Trinajstić information content (AvgIpc) is 2.37. The van der Waals surface area contributed by atoms with Crippen LogP contribution in [0.15, 0.2) is 24.3 Å². The van der Waals surface area contributed by atoms with E-state index in [1.807, 2.05) is 6.07 Å². The highest BCUT2D eigenvalue weighted by molar-refractivity contribution is 7.99. The van der Waals surface area contributed by atoms with Crippen molar-refractivity contribution in [2.24, 2.45) is 5.41 Å². The molecule has 0 aliphatic carbocycles. The van der Waals surface area contributed by atoms with Gasteiger partial charge in [0, 0.05) is 17.8 Å². The minimum atomic E-state index is 0.370. The smallest absolute Gasteiger partial charge is 0.119 e. The quantitative estimate of drug-likeness (QED) is 0.904. The Morgan fingerprint density at radius 2 is 2.21 bits per heavy atom. The lowest BCUT2D eigenvalue weighted by Crippen LogP contribution is -2.41. The van der Waals surface area contributed by atoms with Crippen LogP contribution in [0.3, 0.4) is 0 Å². The van der Waals surface area contributed by atoms with Gasteiger partial charge in [-0.2, -0.15) is 11.8 Å². The van der Waals surface area contributed by atoms with Gasteiger partial charge >= 0.3 is 0 Å². The van der Waals surface area contributed by atoms with Gasteiger partial charge in [0.15, 0.2) is 0 Å². The number of benzene rings is 1. The lowest BCUT2D eigenvalue weighted by molar-refractivity contribution is 0.304. The molecular formula is C16H25NOS. The molecule has 0 saturated carbocycles. The normalized spacial score (nSPS) is 23.9. The van der Waals surface area contributed by atoms with Gasteiger partial charge in [-0.25, -0.2) is 0 Å². The molecule has 1 saturated heterocycles. The SMILES string of the molecule is COc1cccc(C(C)NC2CSCC(C)(C)C2)c1. The largest absolute Gasteiger partial charge is 0.497 e. The predicted molar refractivity (Wildman–Crippen MR) is 84.1 cm³/mol. The highest BCUT2D eigenvalue weighted by atomic mass is 32.2. The van der Waals surface area contributed by atoms with Gasteiger partial charge in [0.2, 0.25) is 0 Å². The molecule has 2 rings (SSSR count). The highest BCUT2D eigenvalue weighted by Gasteiger charge is 2.29. The van der Waals surface area contributed by atoms with Crippen molar-refractivity contribution in [2.75, 3.05) is 18.6 Å². The Hall–Kier alpha value is -0.670. The Morgan fingerprint density at radius 3 is 2.89 bits per heavy atom. The van der Waals surface area contributed by atoms with Crippen LogP contribution >= 0.6 is 11.8 Å². The van der Waals surface area contributed by atoms with Gasteiger partial charge in [-0.15, -0.1) is 0 Å². The van der Waals surface area contributed by atoms with Crippen molar-refractivity contribution in [2.45, 2.75) is 39.3 Å². The van der Waals surface area contributed by atoms with Gasteiger partial charge in [-0.3, -0.25) is 0 Å². The lowest BCUT2D eigenvalue weighted by atomic mass is 9.87. The number of hydrogen-bond donors (Lipinski definition) is 1. The van der Waals surface area contributed by atoms with Gasteiger partial charge < -0.3 is 10.1 Å². The summed E-state index contributed by atoms with van der Waals surface area (Å²) in [6.07, 6.45) is 1.26. The summed E-state index contributed by atoms with van der Waals surface area (Å²) in [5.41, 5.74) is 1.75. The first kappa shape index (κ1) is 14.7. The molecule has 1 fully saturated rings. The fourth-order valence-electron chi connectivity index (χ4n) is 2.73. The molecule has 0 amide bonds. The molecule has 1 aliphatic rings. The first-order chi connectivity index (χ1) is 9.00. The van der Waals surface area contributed by atoms with Crippen LogP contribution in [-0.4, -0.2) is 24.7 Å². The first-order valence-corrected chi connectivity index (χ1v) is 8.13. The molecule has 1 heterocycles. The lowest BCUT2D eigenvalue weighted by Gasteiger charge is -2.36. The Morgan fingerprint density at radius 1 is 1.42 bits per heavy atom. The van der Waals surface area contributed by atoms with Crippen LogP contribution in [0.4, 0.5) is 0 Å². The molecule has 1 aliphatic heterocycles. The molecule has 0 aromatic heterocycles. The van der Waals surface area contributed by atoms with E-state index in [0.717, 1.165) is 5.75 Å². The molecule has 19 heavy (non-hydrogen) atoms. The summed E-state index contributed by atoms with van der Waals surface area (Å²) in [4.78, 5) is 0. The van der Waals surface area contributed by atoms with E-state index in [0.29, 0.717) is 17.5 Å². The van der Waals surface area contributed by atoms with Crippen molar-refractivity contribution in [1.82, 2.24) is 5.32 Å². The third-order valence-corrected chi connectivity index (χ3v) is 5.31. The topological polar surface area (TPSA) is 21.3 Å². The van der Waals surface area contributed by atoms with Crippen molar-refractivity contribution in [3.05, 3.63) is 29.8 Å². The molecule has 3 heteroatoms. The molecule has 2 atom stereocenters. The van der Waals surface area contributed by atoms with Gasteiger partial charge in [0.25, 0.3) is 0 Å². The van der Waals surface area contributed by atoms with Crippen LogP contribution < -0.4 is 10.1 Å². The third-order valence-electron chi connectivity index (χ3n) is 3.69. The molecular weight excluding hydrogens is 254 g/mol. The summed E-state index contributed by atoms with van der Waals surface area (Å²) in [5, 5.41) is 3.77. The summed E-state index contributed by atoms with van der Waals surface area (Å²) >= 11 is 2.07. The summed E-state index contributed by atoms with van der Waals surface area (Å²) in [5.74, 6) is 3.43. The van der Waals surface area contributed by atoms with Crippen molar-refractivity contribution in [3.8, 4) is 5.75 Å². The first-order valence-electron chi connectivity index (χ1n) is 6.98. The molecule has 2 nitrogen and oxygen atoms in total. The average molecular weight is 279 g/mol. The van der Waals surface area contributed by atoms with Gasteiger partial charge in [-0.05, 0) is 42.2 Å². The maximum atomic E-state index is 5.30. The second-order valence-electron chi connectivity index (χ2n) is 6.25. The second-order valence-corrected chi connectivity index (χ2v) is 7.28. The minimum absolute atomic E-state index is 0.370. The van der Waals surface area contributed by atoms with Crippen LogP contribution in [-0.2, 0) is 0 Å². The molecule has 1 N–H and O–H groups in total. The Kier molecular flexibility index (Phi) is 4.80. The Labute approximate surface area is 121 Å². The van der Waals surface area contributed by atoms with E-state index in [1.165, 1.54) is 23.5 Å². The fourth-order valence-corrected chi connectivity index (χ4v) is 4.02. The van der Waals surface area contributed by atoms with Gasteiger partial charge in [-0.1, -0.05) is 26.0 Å². The summed E-state index contributed by atoms with van der Waals surface area (Å²) in [6.45, 7) is 6.97. The number of ether oxygens (including phenoxy) is 1. The van der Waals surface area contributed by atoms with Gasteiger partial charge in [0.05, 0.1) is 7.11 Å². The fraction of sp³-hybridized carbons (Fsp3) is 0.625. The molecule has 1 aromatic rings. The van der Waals surface area contributed by atoms with Crippen LogP contribution in [0.2, 0.25) is 0 Å².